The zero-order valence-corrected chi connectivity index (χ0v) is 15.2. The Morgan fingerprint density at radius 2 is 1.92 bits per heavy atom. The Kier molecular flexibility index (Phi) is 7.32. The predicted molar refractivity (Wildman–Crippen MR) is 94.9 cm³/mol. The van der Waals surface area contributed by atoms with E-state index in [1.54, 1.807) is 13.8 Å². The van der Waals surface area contributed by atoms with Crippen LogP contribution in [0.3, 0.4) is 0 Å². The fourth-order valence-corrected chi connectivity index (χ4v) is 3.42. The molecule has 0 aliphatic carbocycles. The highest BCUT2D eigenvalue weighted by Gasteiger charge is 2.31. The third kappa shape index (κ3) is 5.68. The lowest BCUT2D eigenvalue weighted by Gasteiger charge is -2.31. The summed E-state index contributed by atoms with van der Waals surface area (Å²) in [4.78, 5) is 23.6. The number of hydrogen-bond acceptors (Lipinski definition) is 4. The molecule has 0 atom stereocenters. The summed E-state index contributed by atoms with van der Waals surface area (Å²) < 4.78 is 26.6. The molecule has 0 heterocycles. The summed E-state index contributed by atoms with van der Waals surface area (Å²) in [6.45, 7) is 7.12. The molecule has 1 amide bonds. The van der Waals surface area contributed by atoms with Crippen LogP contribution in [0.4, 0.5) is 0 Å². The van der Waals surface area contributed by atoms with Gasteiger partial charge in [0.25, 0.3) is 5.91 Å². The van der Waals surface area contributed by atoms with Gasteiger partial charge in [0.05, 0.1) is 16.9 Å². The minimum atomic E-state index is -3.75. The van der Waals surface area contributed by atoms with Crippen LogP contribution in [0.25, 0.3) is 0 Å². The van der Waals surface area contributed by atoms with Crippen LogP contribution in [-0.4, -0.2) is 37.5 Å². The molecule has 0 aromatic heterocycles. The summed E-state index contributed by atoms with van der Waals surface area (Å²) in [5, 5.41) is 11.8. The van der Waals surface area contributed by atoms with E-state index in [9.17, 15) is 18.0 Å². The van der Waals surface area contributed by atoms with Crippen molar-refractivity contribution in [3.8, 4) is 0 Å². The van der Waals surface area contributed by atoms with Crippen LogP contribution >= 0.6 is 0 Å². The smallest absolute Gasteiger partial charge is 0.305 e. The van der Waals surface area contributed by atoms with Gasteiger partial charge in [-0.2, -0.15) is 0 Å². The molecule has 3 N–H and O–H groups in total. The molecule has 0 fully saturated rings. The van der Waals surface area contributed by atoms with E-state index >= 15 is 0 Å². The molecule has 1 aromatic rings. The number of hydrogen-bond donors (Lipinski definition) is 3. The summed E-state index contributed by atoms with van der Waals surface area (Å²) in [6, 6.07) is 5.59. The summed E-state index contributed by atoms with van der Waals surface area (Å²) >= 11 is 0. The molecule has 7 nitrogen and oxygen atoms in total. The Morgan fingerprint density at radius 3 is 2.44 bits per heavy atom. The van der Waals surface area contributed by atoms with Crippen molar-refractivity contribution in [2.24, 2.45) is 0 Å². The van der Waals surface area contributed by atoms with Gasteiger partial charge in [0.1, 0.15) is 0 Å². The average molecular weight is 368 g/mol. The first-order chi connectivity index (χ1) is 11.7. The van der Waals surface area contributed by atoms with Crippen LogP contribution in [0.5, 0.6) is 0 Å². The molecule has 0 radical (unpaired) electrons. The largest absolute Gasteiger partial charge is 0.481 e. The topological polar surface area (TPSA) is 113 Å². The van der Waals surface area contributed by atoms with E-state index in [-0.39, 0.29) is 23.4 Å². The number of nitrogens with one attached hydrogen (secondary N) is 2. The van der Waals surface area contributed by atoms with Crippen molar-refractivity contribution < 1.29 is 23.1 Å². The fourth-order valence-electron chi connectivity index (χ4n) is 2.38. The SMILES string of the molecule is C=CCNS(=O)(=O)c1cccc(C(=O)NC(CC)(CC)CC(=O)O)c1. The van der Waals surface area contributed by atoms with Crippen LogP contribution in [0.2, 0.25) is 0 Å². The molecule has 0 saturated heterocycles. The Balaban J connectivity index is 3.08. The molecule has 0 aliphatic heterocycles. The lowest BCUT2D eigenvalue weighted by atomic mass is 9.88. The predicted octanol–water partition coefficient (Wildman–Crippen LogP) is 1.91. The van der Waals surface area contributed by atoms with Crippen molar-refractivity contribution in [3.05, 3.63) is 42.5 Å². The van der Waals surface area contributed by atoms with E-state index in [0.717, 1.165) is 0 Å². The molecule has 25 heavy (non-hydrogen) atoms. The molecular weight excluding hydrogens is 344 g/mol. The average Bonchev–Trinajstić information content (AvgIpc) is 2.59. The minimum Gasteiger partial charge on any atom is -0.481 e. The van der Waals surface area contributed by atoms with E-state index in [2.05, 4.69) is 16.6 Å². The maximum absolute atomic E-state index is 12.5. The highest BCUT2D eigenvalue weighted by Crippen LogP contribution is 2.21. The number of carbonyl (C=O) groups excluding carboxylic acids is 1. The molecule has 1 aromatic carbocycles. The molecular formula is C17H24N2O5S. The van der Waals surface area contributed by atoms with Crippen molar-refractivity contribution in [2.75, 3.05) is 6.54 Å². The van der Waals surface area contributed by atoms with E-state index in [4.69, 9.17) is 5.11 Å². The lowest BCUT2D eigenvalue weighted by Crippen LogP contribution is -2.49. The van der Waals surface area contributed by atoms with Crippen molar-refractivity contribution >= 4 is 21.9 Å². The van der Waals surface area contributed by atoms with E-state index in [1.807, 2.05) is 0 Å². The zero-order valence-electron chi connectivity index (χ0n) is 14.4. The highest BCUT2D eigenvalue weighted by atomic mass is 32.2. The van der Waals surface area contributed by atoms with Crippen LogP contribution in [-0.2, 0) is 14.8 Å². The molecule has 0 saturated carbocycles. The van der Waals surface area contributed by atoms with E-state index < -0.39 is 27.4 Å². The van der Waals surface area contributed by atoms with Crippen LogP contribution in [0.15, 0.2) is 41.8 Å². The summed E-state index contributed by atoms with van der Waals surface area (Å²) in [7, 11) is -3.75. The number of carboxylic acid groups (broad SMARTS) is 1. The van der Waals surface area contributed by atoms with Gasteiger partial charge in [0.15, 0.2) is 0 Å². The molecule has 1 rings (SSSR count). The van der Waals surface area contributed by atoms with Gasteiger partial charge in [-0.25, -0.2) is 13.1 Å². The monoisotopic (exact) mass is 368 g/mol. The van der Waals surface area contributed by atoms with Gasteiger partial charge in [-0.1, -0.05) is 26.0 Å². The van der Waals surface area contributed by atoms with Crippen LogP contribution in [0, 0.1) is 0 Å². The molecule has 0 unspecified atom stereocenters. The summed E-state index contributed by atoms with van der Waals surface area (Å²) in [5.41, 5.74) is -0.725. The highest BCUT2D eigenvalue weighted by molar-refractivity contribution is 7.89. The van der Waals surface area contributed by atoms with E-state index in [1.165, 1.54) is 30.3 Å². The third-order valence-corrected chi connectivity index (χ3v) is 5.47. The first-order valence-electron chi connectivity index (χ1n) is 7.94. The molecule has 8 heteroatoms. The lowest BCUT2D eigenvalue weighted by molar-refractivity contribution is -0.138. The molecule has 0 aliphatic rings. The Morgan fingerprint density at radius 1 is 1.28 bits per heavy atom. The normalized spacial score (nSPS) is 11.8. The third-order valence-electron chi connectivity index (χ3n) is 4.05. The Hall–Kier alpha value is -2.19. The van der Waals surface area contributed by atoms with Gasteiger partial charge >= 0.3 is 5.97 Å². The summed E-state index contributed by atoms with van der Waals surface area (Å²) in [6.07, 6.45) is 2.10. The number of carboxylic acids is 1. The van der Waals surface area contributed by atoms with Gasteiger partial charge in [0, 0.05) is 12.1 Å². The standard InChI is InChI=1S/C17H24N2O5S/c1-4-10-18-25(23,24)14-9-7-8-13(11-14)16(22)19-17(5-2,6-3)12-15(20)21/h4,7-9,11,18H,1,5-6,10,12H2,2-3H3,(H,19,22)(H,20,21). The first kappa shape index (κ1) is 20.9. The van der Waals surface area contributed by atoms with Gasteiger partial charge in [-0.15, -0.1) is 6.58 Å². The fraction of sp³-hybridized carbons (Fsp3) is 0.412. The van der Waals surface area contributed by atoms with Gasteiger partial charge < -0.3 is 10.4 Å². The van der Waals surface area contributed by atoms with Gasteiger partial charge in [-0.05, 0) is 31.0 Å². The second-order valence-corrected chi connectivity index (χ2v) is 7.45. The van der Waals surface area contributed by atoms with Crippen molar-refractivity contribution in [1.82, 2.24) is 10.0 Å². The number of aliphatic carboxylic acids is 1. The van der Waals surface area contributed by atoms with Gasteiger partial charge in [-0.3, -0.25) is 9.59 Å². The quantitative estimate of drug-likeness (QED) is 0.546. The van der Waals surface area contributed by atoms with Crippen molar-refractivity contribution in [3.63, 3.8) is 0 Å². The van der Waals surface area contributed by atoms with Crippen molar-refractivity contribution in [1.29, 1.82) is 0 Å². The number of sulfonamides is 1. The van der Waals surface area contributed by atoms with Crippen molar-refractivity contribution in [2.45, 2.75) is 43.5 Å². The minimum absolute atomic E-state index is 0.0427. The zero-order chi connectivity index (χ0) is 19.1. The maximum Gasteiger partial charge on any atom is 0.305 e. The van der Waals surface area contributed by atoms with Crippen LogP contribution < -0.4 is 10.0 Å². The maximum atomic E-state index is 12.5. The second kappa shape index (κ2) is 8.77. The first-order valence-corrected chi connectivity index (χ1v) is 9.43. The second-order valence-electron chi connectivity index (χ2n) is 5.68. The number of amides is 1. The molecule has 0 spiro atoms. The Labute approximate surface area is 148 Å². The van der Waals surface area contributed by atoms with Crippen LogP contribution in [0.1, 0.15) is 43.5 Å². The van der Waals surface area contributed by atoms with E-state index in [0.29, 0.717) is 12.8 Å². The molecule has 138 valence electrons. The summed E-state index contributed by atoms with van der Waals surface area (Å²) in [5.74, 6) is -1.51. The Bertz CT molecular complexity index is 739. The number of carbonyl (C=O) groups is 2. The van der Waals surface area contributed by atoms with Gasteiger partial charge in [0.2, 0.25) is 10.0 Å². The molecule has 0 bridgehead atoms. The number of rotatable bonds is 10. The number of benzene rings is 1.